The van der Waals surface area contributed by atoms with Gasteiger partial charge in [-0.25, -0.2) is 0 Å². The van der Waals surface area contributed by atoms with Crippen LogP contribution < -0.4 is 0 Å². The second kappa shape index (κ2) is 5.34. The van der Waals surface area contributed by atoms with Gasteiger partial charge in [0.05, 0.1) is 17.7 Å². The van der Waals surface area contributed by atoms with Gasteiger partial charge < -0.3 is 9.84 Å². The minimum Gasteiger partial charge on any atom is -0.507 e. The van der Waals surface area contributed by atoms with Crippen molar-refractivity contribution in [3.63, 3.8) is 0 Å². The third-order valence-corrected chi connectivity index (χ3v) is 4.57. The zero-order valence-electron chi connectivity index (χ0n) is 6.56. The third-order valence-electron chi connectivity index (χ3n) is 1.22. The monoisotopic (exact) mass is 372 g/mol. The van der Waals surface area contributed by atoms with Crippen LogP contribution in [0.3, 0.4) is 0 Å². The molecule has 0 bridgehead atoms. The number of aromatic hydroxyl groups is 1. The highest BCUT2D eigenvalue weighted by Gasteiger charge is 2.04. The van der Waals surface area contributed by atoms with Crippen molar-refractivity contribution >= 4 is 47.8 Å². The summed E-state index contributed by atoms with van der Waals surface area (Å²) in [4.78, 5) is 0. The Balaban J connectivity index is 0.000000236. The van der Waals surface area contributed by atoms with E-state index >= 15 is 0 Å². The molecule has 1 N–H and O–H groups in total. The zero-order valence-corrected chi connectivity index (χ0v) is 11.3. The number of halogens is 3. The molecule has 0 radical (unpaired) electrons. The maximum absolute atomic E-state index is 9.13. The number of benzene rings is 1. The van der Waals surface area contributed by atoms with Crippen LogP contribution in [0.15, 0.2) is 25.6 Å². The average Bonchev–Trinajstić information content (AvgIpc) is 2.94. The van der Waals surface area contributed by atoms with Crippen molar-refractivity contribution in [2.24, 2.45) is 0 Å². The van der Waals surface area contributed by atoms with E-state index in [0.717, 1.165) is 22.2 Å². The number of phenolic OH excluding ortho intramolecular Hbond substituents is 1. The van der Waals surface area contributed by atoms with Crippen molar-refractivity contribution in [3.8, 4) is 5.75 Å². The summed E-state index contributed by atoms with van der Waals surface area (Å²) in [6.07, 6.45) is 0. The molecule has 1 aliphatic rings. The molecule has 0 spiro atoms. The van der Waals surface area contributed by atoms with Gasteiger partial charge in [-0.05, 0) is 59.9 Å². The highest BCUT2D eigenvalue weighted by molar-refractivity contribution is 9.14. The lowest BCUT2D eigenvalue weighted by atomic mass is 10.3. The van der Waals surface area contributed by atoms with Gasteiger partial charge in [0.1, 0.15) is 5.75 Å². The minimum atomic E-state index is 0.232. The predicted molar refractivity (Wildman–Crippen MR) is 62.0 cm³/mol. The van der Waals surface area contributed by atoms with Crippen LogP contribution in [-0.4, -0.2) is 18.3 Å². The molecule has 72 valence electrons. The number of hydrogen-bond donors (Lipinski definition) is 1. The quantitative estimate of drug-likeness (QED) is 0.555. The summed E-state index contributed by atoms with van der Waals surface area (Å²) in [5.74, 6) is 0.232. The normalized spacial score (nSPS) is 13.2. The van der Waals surface area contributed by atoms with Crippen LogP contribution in [0.4, 0.5) is 0 Å². The Kier molecular flexibility index (Phi) is 4.72. The number of hydrogen-bond acceptors (Lipinski definition) is 2. The summed E-state index contributed by atoms with van der Waals surface area (Å²) in [6.45, 7) is 2.00. The topological polar surface area (TPSA) is 32.8 Å². The molecule has 2 rings (SSSR count). The van der Waals surface area contributed by atoms with E-state index in [1.54, 1.807) is 12.1 Å². The number of rotatable bonds is 0. The number of epoxide rings is 1. The molecular formula is C8H7Br3O2. The van der Waals surface area contributed by atoms with Gasteiger partial charge in [-0.3, -0.25) is 0 Å². The van der Waals surface area contributed by atoms with Gasteiger partial charge in [-0.15, -0.1) is 0 Å². The molecule has 0 saturated carbocycles. The average molecular weight is 375 g/mol. The molecule has 1 aliphatic heterocycles. The van der Waals surface area contributed by atoms with Gasteiger partial charge in [0.2, 0.25) is 0 Å². The van der Waals surface area contributed by atoms with Crippen LogP contribution in [0.2, 0.25) is 0 Å². The lowest BCUT2D eigenvalue weighted by molar-refractivity contribution is 0.471. The molecule has 0 aliphatic carbocycles. The Bertz CT molecular complexity index is 270. The van der Waals surface area contributed by atoms with Gasteiger partial charge >= 0.3 is 0 Å². The zero-order chi connectivity index (χ0) is 9.84. The van der Waals surface area contributed by atoms with Crippen LogP contribution >= 0.6 is 47.8 Å². The summed E-state index contributed by atoms with van der Waals surface area (Å²) in [5, 5.41) is 9.13. The first-order chi connectivity index (χ1) is 6.13. The molecular weight excluding hydrogens is 368 g/mol. The smallest absolute Gasteiger partial charge is 0.130 e. The fourth-order valence-electron chi connectivity index (χ4n) is 0.516. The van der Waals surface area contributed by atoms with E-state index in [-0.39, 0.29) is 5.75 Å². The summed E-state index contributed by atoms with van der Waals surface area (Å²) < 4.78 is 6.91. The molecule has 0 aromatic heterocycles. The molecule has 0 unspecified atom stereocenters. The first-order valence-corrected chi connectivity index (χ1v) is 5.91. The summed E-state index contributed by atoms with van der Waals surface area (Å²) in [7, 11) is 0. The summed E-state index contributed by atoms with van der Waals surface area (Å²) >= 11 is 9.77. The molecule has 0 atom stereocenters. The summed E-state index contributed by atoms with van der Waals surface area (Å²) in [6, 6.07) is 3.38. The SMILES string of the molecule is C1CO1.Oc1ccc(Br)c(Br)c1Br. The van der Waals surface area contributed by atoms with Gasteiger partial charge in [-0.2, -0.15) is 0 Å². The molecule has 1 saturated heterocycles. The first-order valence-electron chi connectivity index (χ1n) is 3.53. The second-order valence-electron chi connectivity index (χ2n) is 2.31. The van der Waals surface area contributed by atoms with Gasteiger partial charge in [0, 0.05) is 8.95 Å². The lowest BCUT2D eigenvalue weighted by Crippen LogP contribution is -1.72. The van der Waals surface area contributed by atoms with Crippen molar-refractivity contribution in [2.45, 2.75) is 0 Å². The first kappa shape index (κ1) is 11.5. The van der Waals surface area contributed by atoms with Gasteiger partial charge in [0.25, 0.3) is 0 Å². The van der Waals surface area contributed by atoms with E-state index in [1.807, 2.05) is 0 Å². The van der Waals surface area contributed by atoms with Crippen molar-refractivity contribution in [1.82, 2.24) is 0 Å². The fourth-order valence-corrected chi connectivity index (χ4v) is 1.79. The molecule has 1 aromatic carbocycles. The molecule has 5 heteroatoms. The predicted octanol–water partition coefficient (Wildman–Crippen LogP) is 3.70. The number of ether oxygens (including phenoxy) is 1. The molecule has 1 aromatic rings. The Morgan fingerprint density at radius 3 is 2.00 bits per heavy atom. The van der Waals surface area contributed by atoms with E-state index in [2.05, 4.69) is 52.5 Å². The van der Waals surface area contributed by atoms with Gasteiger partial charge in [0.15, 0.2) is 0 Å². The Hall–Kier alpha value is 0.420. The van der Waals surface area contributed by atoms with Crippen molar-refractivity contribution in [2.75, 3.05) is 13.2 Å². The standard InChI is InChI=1S/C6H3Br3O.C2H4O/c7-3-1-2-4(10)6(9)5(3)8;1-2-3-1/h1-2,10H;1-2H2. The van der Waals surface area contributed by atoms with Crippen LogP contribution in [0.25, 0.3) is 0 Å². The summed E-state index contributed by atoms with van der Waals surface area (Å²) in [5.41, 5.74) is 0. The van der Waals surface area contributed by atoms with Crippen molar-refractivity contribution in [3.05, 3.63) is 25.6 Å². The van der Waals surface area contributed by atoms with E-state index in [1.165, 1.54) is 0 Å². The highest BCUT2D eigenvalue weighted by atomic mass is 79.9. The Morgan fingerprint density at radius 1 is 1.08 bits per heavy atom. The van der Waals surface area contributed by atoms with Crippen LogP contribution in [0.5, 0.6) is 5.75 Å². The molecule has 1 fully saturated rings. The molecule has 1 heterocycles. The molecule has 2 nitrogen and oxygen atoms in total. The van der Waals surface area contributed by atoms with E-state index in [0.29, 0.717) is 4.47 Å². The van der Waals surface area contributed by atoms with E-state index in [9.17, 15) is 0 Å². The van der Waals surface area contributed by atoms with Crippen LogP contribution in [0, 0.1) is 0 Å². The largest absolute Gasteiger partial charge is 0.507 e. The molecule has 0 amide bonds. The lowest BCUT2D eigenvalue weighted by Gasteiger charge is -2.00. The minimum absolute atomic E-state index is 0.232. The maximum atomic E-state index is 9.13. The molecule has 13 heavy (non-hydrogen) atoms. The van der Waals surface area contributed by atoms with E-state index in [4.69, 9.17) is 5.11 Å². The van der Waals surface area contributed by atoms with E-state index < -0.39 is 0 Å². The number of phenols is 1. The highest BCUT2D eigenvalue weighted by Crippen LogP contribution is 2.36. The van der Waals surface area contributed by atoms with Crippen LogP contribution in [0.1, 0.15) is 0 Å². The van der Waals surface area contributed by atoms with Gasteiger partial charge in [-0.1, -0.05) is 0 Å². The Morgan fingerprint density at radius 2 is 1.62 bits per heavy atom. The van der Waals surface area contributed by atoms with Crippen LogP contribution in [-0.2, 0) is 4.74 Å². The Labute approximate surface area is 102 Å². The fraction of sp³-hybridized carbons (Fsp3) is 0.250. The van der Waals surface area contributed by atoms with Crippen molar-refractivity contribution < 1.29 is 9.84 Å². The second-order valence-corrected chi connectivity index (χ2v) is 4.75. The third kappa shape index (κ3) is 3.97. The maximum Gasteiger partial charge on any atom is 0.130 e. The van der Waals surface area contributed by atoms with Crippen molar-refractivity contribution in [1.29, 1.82) is 0 Å².